The lowest BCUT2D eigenvalue weighted by Gasteiger charge is -2.21. The minimum absolute atomic E-state index is 0. The van der Waals surface area contributed by atoms with E-state index in [1.807, 2.05) is 18.5 Å². The fourth-order valence-corrected chi connectivity index (χ4v) is 6.08. The van der Waals surface area contributed by atoms with E-state index in [9.17, 15) is 0 Å². The molecule has 1 saturated carbocycles. The highest BCUT2D eigenvalue weighted by Crippen LogP contribution is 2.59. The Morgan fingerprint density at radius 3 is 2.94 bits per heavy atom. The maximum Gasteiger partial charge on any atom is 0.202 e. The van der Waals surface area contributed by atoms with Gasteiger partial charge in [-0.05, 0) is 49.9 Å². The van der Waals surface area contributed by atoms with E-state index in [1.165, 1.54) is 24.9 Å². The minimum atomic E-state index is 0. The monoisotopic (exact) mass is 500 g/mol. The maximum absolute atomic E-state index is 5.80. The predicted octanol–water partition coefficient (Wildman–Crippen LogP) is 4.66. The van der Waals surface area contributed by atoms with Gasteiger partial charge in [-0.1, -0.05) is 24.8 Å². The average Bonchev–Trinajstić information content (AvgIpc) is 3.28. The molecule has 8 nitrogen and oxygen atoms in total. The first-order chi connectivity index (χ1) is 16.1. The smallest absolute Gasteiger partial charge is 0.202 e. The van der Waals surface area contributed by atoms with E-state index in [0.29, 0.717) is 11.2 Å². The number of benzene rings is 1. The minimum Gasteiger partial charge on any atom is -0.441 e. The number of aryl methyl sites for hydroxylation is 2. The third kappa shape index (κ3) is 3.93. The largest absolute Gasteiger partial charge is 0.441 e. The second-order valence-electron chi connectivity index (χ2n) is 9.27. The maximum atomic E-state index is 5.80. The van der Waals surface area contributed by atoms with Crippen molar-refractivity contribution in [3.63, 3.8) is 0 Å². The van der Waals surface area contributed by atoms with Gasteiger partial charge in [0.05, 0.1) is 5.69 Å². The van der Waals surface area contributed by atoms with Crippen molar-refractivity contribution in [1.29, 1.82) is 0 Å². The molecule has 4 aromatic rings. The molecule has 6 rings (SSSR count). The summed E-state index contributed by atoms with van der Waals surface area (Å²) in [5, 5.41) is 9.55. The van der Waals surface area contributed by atoms with Crippen LogP contribution < -0.4 is 0 Å². The van der Waals surface area contributed by atoms with Gasteiger partial charge >= 0.3 is 0 Å². The van der Waals surface area contributed by atoms with Crippen LogP contribution in [0.15, 0.2) is 38.6 Å². The molecule has 1 saturated heterocycles. The van der Waals surface area contributed by atoms with E-state index in [-0.39, 0.29) is 12.4 Å². The van der Waals surface area contributed by atoms with Crippen LogP contribution in [0.1, 0.15) is 36.9 Å². The predicted molar refractivity (Wildman–Crippen MR) is 133 cm³/mol. The van der Waals surface area contributed by atoms with Gasteiger partial charge in [-0.2, -0.15) is 0 Å². The Kier molecular flexibility index (Phi) is 6.20. The molecule has 1 aromatic carbocycles. The second-order valence-corrected chi connectivity index (χ2v) is 10.3. The molecule has 180 valence electrons. The molecule has 10 heteroatoms. The van der Waals surface area contributed by atoms with Gasteiger partial charge in [0.2, 0.25) is 5.82 Å². The second kappa shape index (κ2) is 9.02. The standard InChI is InChI=1S/C24H28N6O2S.ClH/c1-4-20-26-18-10-16(6-7-19(18)32-20)24-11-17(24)12-30(13-24)8-5-9-33-23-28-27-22(29(23)3)21-15(2)25-14-31-21;/h6-7,10,14,17H,4-5,8-9,11-13H2,1-3H3;1H/t17-,24+;/m0./s1. The lowest BCUT2D eigenvalue weighted by Crippen LogP contribution is -2.27. The van der Waals surface area contributed by atoms with Crippen LogP contribution in [-0.4, -0.2) is 55.0 Å². The first-order valence-electron chi connectivity index (χ1n) is 11.6. The Morgan fingerprint density at radius 1 is 1.26 bits per heavy atom. The highest BCUT2D eigenvalue weighted by molar-refractivity contribution is 7.99. The molecule has 0 unspecified atom stereocenters. The van der Waals surface area contributed by atoms with E-state index >= 15 is 0 Å². The topological polar surface area (TPSA) is 86.0 Å². The van der Waals surface area contributed by atoms with Crippen LogP contribution in [0.4, 0.5) is 0 Å². The average molecular weight is 501 g/mol. The molecule has 1 aliphatic carbocycles. The van der Waals surface area contributed by atoms with Gasteiger partial charge in [0, 0.05) is 37.7 Å². The Balaban J connectivity index is 0.00000241. The molecule has 0 spiro atoms. The number of oxazole rings is 2. The van der Waals surface area contributed by atoms with Crippen molar-refractivity contribution < 1.29 is 8.83 Å². The van der Waals surface area contributed by atoms with Crippen LogP contribution in [0, 0.1) is 12.8 Å². The van der Waals surface area contributed by atoms with Gasteiger partial charge in [0.25, 0.3) is 0 Å². The molecular weight excluding hydrogens is 472 g/mol. The van der Waals surface area contributed by atoms with Crippen molar-refractivity contribution in [3.8, 4) is 11.6 Å². The molecule has 0 N–H and O–H groups in total. The molecule has 34 heavy (non-hydrogen) atoms. The molecule has 2 aliphatic rings. The first-order valence-corrected chi connectivity index (χ1v) is 12.6. The number of aromatic nitrogens is 5. The van der Waals surface area contributed by atoms with Gasteiger partial charge in [-0.15, -0.1) is 22.6 Å². The molecular formula is C24H29ClN6O2S. The van der Waals surface area contributed by atoms with E-state index in [4.69, 9.17) is 8.83 Å². The fraction of sp³-hybridized carbons (Fsp3) is 0.500. The number of hydrogen-bond donors (Lipinski definition) is 0. The Labute approximate surface area is 208 Å². The van der Waals surface area contributed by atoms with E-state index in [1.54, 1.807) is 11.8 Å². The summed E-state index contributed by atoms with van der Waals surface area (Å²) in [6.07, 6.45) is 4.70. The summed E-state index contributed by atoms with van der Waals surface area (Å²) in [7, 11) is 1.98. The van der Waals surface area contributed by atoms with Crippen LogP contribution in [0.25, 0.3) is 22.7 Å². The third-order valence-corrected chi connectivity index (χ3v) is 8.27. The Hall–Kier alpha value is -2.36. The molecule has 4 heterocycles. The van der Waals surface area contributed by atoms with Crippen molar-refractivity contribution in [1.82, 2.24) is 29.6 Å². The van der Waals surface area contributed by atoms with Crippen LogP contribution in [0.5, 0.6) is 0 Å². The van der Waals surface area contributed by atoms with Gasteiger partial charge in [-0.3, -0.25) is 0 Å². The molecule has 2 fully saturated rings. The Bertz CT molecular complexity index is 1320. The zero-order chi connectivity index (χ0) is 22.6. The summed E-state index contributed by atoms with van der Waals surface area (Å²) in [6, 6.07) is 6.63. The summed E-state index contributed by atoms with van der Waals surface area (Å²) < 4.78 is 13.3. The summed E-state index contributed by atoms with van der Waals surface area (Å²) in [6.45, 7) is 7.45. The zero-order valence-electron chi connectivity index (χ0n) is 19.7. The number of likely N-dealkylation sites (tertiary alicyclic amines) is 1. The number of rotatable bonds is 8. The molecule has 2 atom stereocenters. The normalized spacial score (nSPS) is 21.7. The van der Waals surface area contributed by atoms with Crippen LogP contribution in [0.2, 0.25) is 0 Å². The number of halogens is 1. The number of hydrogen-bond acceptors (Lipinski definition) is 8. The first kappa shape index (κ1) is 23.4. The highest BCUT2D eigenvalue weighted by atomic mass is 35.5. The van der Waals surface area contributed by atoms with Gasteiger partial charge in [0.15, 0.2) is 28.8 Å². The highest BCUT2D eigenvalue weighted by Gasteiger charge is 2.60. The summed E-state index contributed by atoms with van der Waals surface area (Å²) >= 11 is 1.75. The van der Waals surface area contributed by atoms with Crippen molar-refractivity contribution in [2.75, 3.05) is 25.4 Å². The lowest BCUT2D eigenvalue weighted by molar-refractivity contribution is 0.299. The molecule has 0 bridgehead atoms. The SMILES string of the molecule is CCc1nc2cc([C@]34C[C@H]3CN(CCCSc3nnc(-c5ocnc5C)n3C)C4)ccc2o1.Cl. The fourth-order valence-electron chi connectivity index (χ4n) is 5.25. The van der Waals surface area contributed by atoms with E-state index < -0.39 is 0 Å². The van der Waals surface area contributed by atoms with Crippen molar-refractivity contribution in [2.45, 2.75) is 43.7 Å². The van der Waals surface area contributed by atoms with Gasteiger partial charge < -0.3 is 18.3 Å². The quantitative estimate of drug-likeness (QED) is 0.255. The lowest BCUT2D eigenvalue weighted by atomic mass is 9.95. The zero-order valence-corrected chi connectivity index (χ0v) is 21.3. The number of nitrogens with zero attached hydrogens (tertiary/aromatic N) is 6. The number of piperidine rings is 1. The number of fused-ring (bicyclic) bond motifs is 2. The summed E-state index contributed by atoms with van der Waals surface area (Å²) in [5.74, 6) is 4.02. The van der Waals surface area contributed by atoms with Crippen molar-refractivity contribution in [2.24, 2.45) is 13.0 Å². The number of thioether (sulfide) groups is 1. The van der Waals surface area contributed by atoms with Crippen LogP contribution in [0.3, 0.4) is 0 Å². The van der Waals surface area contributed by atoms with Crippen molar-refractivity contribution >= 4 is 35.3 Å². The molecule has 3 aromatic heterocycles. The van der Waals surface area contributed by atoms with Gasteiger partial charge in [-0.25, -0.2) is 9.97 Å². The van der Waals surface area contributed by atoms with Crippen LogP contribution >= 0.6 is 24.2 Å². The summed E-state index contributed by atoms with van der Waals surface area (Å²) in [4.78, 5) is 11.4. The molecule has 1 aliphatic heterocycles. The van der Waals surface area contributed by atoms with Crippen molar-refractivity contribution in [3.05, 3.63) is 41.7 Å². The third-order valence-electron chi connectivity index (χ3n) is 7.16. The molecule has 0 amide bonds. The Morgan fingerprint density at radius 2 is 2.15 bits per heavy atom. The van der Waals surface area contributed by atoms with E-state index in [0.717, 1.165) is 71.3 Å². The van der Waals surface area contributed by atoms with E-state index in [2.05, 4.69) is 50.2 Å². The summed E-state index contributed by atoms with van der Waals surface area (Å²) in [5.41, 5.74) is 4.49. The van der Waals surface area contributed by atoms with Gasteiger partial charge in [0.1, 0.15) is 5.52 Å². The van der Waals surface area contributed by atoms with Crippen LogP contribution in [-0.2, 0) is 18.9 Å². The molecule has 0 radical (unpaired) electrons.